The van der Waals surface area contributed by atoms with E-state index in [0.717, 1.165) is 17.0 Å². The summed E-state index contributed by atoms with van der Waals surface area (Å²) in [5, 5.41) is 1.83. The summed E-state index contributed by atoms with van der Waals surface area (Å²) >= 11 is 0. The molecule has 0 fully saturated rings. The minimum atomic E-state index is -1.73. The zero-order valence-electron chi connectivity index (χ0n) is 22.2. The average Bonchev–Trinajstić information content (AvgIpc) is 2.80. The van der Waals surface area contributed by atoms with Crippen molar-refractivity contribution in [3.8, 4) is 0 Å². The van der Waals surface area contributed by atoms with E-state index in [4.69, 9.17) is 0 Å². The summed E-state index contributed by atoms with van der Waals surface area (Å²) in [5.74, 6) is 0. The number of unbranched alkanes of at least 4 members (excludes halogenated alkanes) is 3. The van der Waals surface area contributed by atoms with Gasteiger partial charge >= 0.3 is 198 Å². The van der Waals surface area contributed by atoms with Crippen molar-refractivity contribution in [2.75, 3.05) is 0 Å². The van der Waals surface area contributed by atoms with Crippen molar-refractivity contribution in [3.63, 3.8) is 0 Å². The van der Waals surface area contributed by atoms with Gasteiger partial charge in [0.2, 0.25) is 0 Å². The second kappa shape index (κ2) is 17.2. The molecule has 182 valence electrons. The predicted octanol–water partition coefficient (Wildman–Crippen LogP) is 10.1. The molecule has 0 aromatic heterocycles. The van der Waals surface area contributed by atoms with Crippen molar-refractivity contribution >= 4 is 12.6 Å². The van der Waals surface area contributed by atoms with Crippen molar-refractivity contribution < 1.29 is 0 Å². The van der Waals surface area contributed by atoms with E-state index in [0.29, 0.717) is 0 Å². The Labute approximate surface area is 197 Å². The topological polar surface area (TPSA) is 0 Å². The molecular weight excluding hydrogens is 391 g/mol. The van der Waals surface area contributed by atoms with Gasteiger partial charge in [0.1, 0.15) is 0 Å². The van der Waals surface area contributed by atoms with Gasteiger partial charge in [-0.05, 0) is 0 Å². The van der Waals surface area contributed by atoms with Crippen LogP contribution in [-0.4, -0.2) is 17.0 Å². The Bertz CT molecular complexity index is 477. The van der Waals surface area contributed by atoms with E-state index in [1.807, 2.05) is 5.30 Å². The molecule has 0 spiro atoms. The van der Waals surface area contributed by atoms with Crippen molar-refractivity contribution in [1.82, 2.24) is 0 Å². The Kier molecular flexibility index (Phi) is 15.9. The Balaban J connectivity index is 3.76. The van der Waals surface area contributed by atoms with Gasteiger partial charge in [0.15, 0.2) is 0 Å². The molecule has 3 atom stereocenters. The molecule has 0 N–H and O–H groups in total. The molecule has 0 aliphatic rings. The van der Waals surface area contributed by atoms with Crippen LogP contribution in [0.1, 0.15) is 138 Å². The summed E-state index contributed by atoms with van der Waals surface area (Å²) in [6.07, 6.45) is 21.2. The van der Waals surface area contributed by atoms with Crippen LogP contribution in [0.15, 0.2) is 30.3 Å². The first-order valence-corrected chi connectivity index (χ1v) is 16.5. The van der Waals surface area contributed by atoms with Crippen LogP contribution in [0.2, 0.25) is 0 Å². The third kappa shape index (κ3) is 8.18. The summed E-state index contributed by atoms with van der Waals surface area (Å²) in [4.78, 5) is 0. The molecule has 0 aliphatic carbocycles. The standard InChI is InChI=1S/C30H57P/c1-7-13-22-27(19-10-4)31(30-25-17-16-18-26-30,28(20-11-5)23-14-8-2)29(21-12-6)24-15-9-3/h16-18,25-29,31H,7-15,19-24H2,1-6H3. The van der Waals surface area contributed by atoms with Crippen molar-refractivity contribution in [2.24, 2.45) is 0 Å². The average molecular weight is 449 g/mol. The van der Waals surface area contributed by atoms with Crippen molar-refractivity contribution in [3.05, 3.63) is 30.3 Å². The van der Waals surface area contributed by atoms with Gasteiger partial charge in [-0.15, -0.1) is 0 Å². The van der Waals surface area contributed by atoms with Gasteiger partial charge in [0.25, 0.3) is 0 Å². The van der Waals surface area contributed by atoms with E-state index in [1.54, 1.807) is 0 Å². The molecule has 3 unspecified atom stereocenters. The van der Waals surface area contributed by atoms with E-state index >= 15 is 0 Å². The first-order valence-electron chi connectivity index (χ1n) is 14.2. The van der Waals surface area contributed by atoms with Crippen LogP contribution in [0.5, 0.6) is 0 Å². The third-order valence-electron chi connectivity index (χ3n) is 7.93. The molecule has 31 heavy (non-hydrogen) atoms. The molecule has 0 saturated heterocycles. The molecule has 0 aliphatic heterocycles. The van der Waals surface area contributed by atoms with Gasteiger partial charge < -0.3 is 0 Å². The SMILES string of the molecule is CCCCC(CCC)[PH](c1ccccc1)(C(CCC)CCCC)C(CCC)CCCC. The number of rotatable bonds is 19. The minimum absolute atomic E-state index is 0.960. The molecule has 1 aromatic carbocycles. The first-order chi connectivity index (χ1) is 15.2. The van der Waals surface area contributed by atoms with Gasteiger partial charge in [0, 0.05) is 0 Å². The zero-order valence-corrected chi connectivity index (χ0v) is 23.2. The molecule has 0 saturated carbocycles. The third-order valence-corrected chi connectivity index (χ3v) is 15.0. The van der Waals surface area contributed by atoms with Crippen LogP contribution < -0.4 is 5.30 Å². The van der Waals surface area contributed by atoms with Crippen LogP contribution in [-0.2, 0) is 0 Å². The van der Waals surface area contributed by atoms with E-state index in [2.05, 4.69) is 71.9 Å². The normalized spacial score (nSPS) is 15.5. The van der Waals surface area contributed by atoms with Crippen LogP contribution >= 0.6 is 7.26 Å². The second-order valence-corrected chi connectivity index (χ2v) is 15.1. The predicted molar refractivity (Wildman–Crippen MR) is 149 cm³/mol. The summed E-state index contributed by atoms with van der Waals surface area (Å²) in [7, 11) is -1.73. The fourth-order valence-corrected chi connectivity index (χ4v) is 15.2. The Hall–Kier alpha value is -0.350. The Morgan fingerprint density at radius 1 is 0.484 bits per heavy atom. The van der Waals surface area contributed by atoms with Crippen LogP contribution in [0, 0.1) is 0 Å². The van der Waals surface area contributed by atoms with Gasteiger partial charge in [-0.25, -0.2) is 0 Å². The summed E-state index contributed by atoms with van der Waals surface area (Å²) in [6, 6.07) is 12.2. The zero-order chi connectivity index (χ0) is 23.0. The number of hydrogen-bond donors (Lipinski definition) is 0. The second-order valence-electron chi connectivity index (χ2n) is 10.2. The fraction of sp³-hybridized carbons (Fsp3) is 0.800. The van der Waals surface area contributed by atoms with E-state index in [1.165, 1.54) is 96.3 Å². The molecule has 1 heteroatoms. The summed E-state index contributed by atoms with van der Waals surface area (Å²) < 4.78 is 0. The molecule has 0 radical (unpaired) electrons. The van der Waals surface area contributed by atoms with Crippen molar-refractivity contribution in [1.29, 1.82) is 0 Å². The summed E-state index contributed by atoms with van der Waals surface area (Å²) in [5.41, 5.74) is 2.88. The van der Waals surface area contributed by atoms with E-state index < -0.39 is 7.26 Å². The molecule has 0 heterocycles. The number of benzene rings is 1. The van der Waals surface area contributed by atoms with Crippen LogP contribution in [0.4, 0.5) is 0 Å². The molecule has 1 rings (SSSR count). The van der Waals surface area contributed by atoms with Gasteiger partial charge in [0.05, 0.1) is 0 Å². The van der Waals surface area contributed by atoms with Crippen LogP contribution in [0.25, 0.3) is 0 Å². The fourth-order valence-electron chi connectivity index (χ4n) is 6.70. The monoisotopic (exact) mass is 448 g/mol. The van der Waals surface area contributed by atoms with Gasteiger partial charge in [-0.2, -0.15) is 0 Å². The molecule has 0 nitrogen and oxygen atoms in total. The molecule has 0 bridgehead atoms. The molecule has 0 amide bonds. The maximum atomic E-state index is 2.59. The molecule has 1 aromatic rings. The first kappa shape index (κ1) is 28.7. The quantitative estimate of drug-likeness (QED) is 0.185. The van der Waals surface area contributed by atoms with Gasteiger partial charge in [-0.3, -0.25) is 0 Å². The van der Waals surface area contributed by atoms with Crippen LogP contribution in [0.3, 0.4) is 0 Å². The maximum absolute atomic E-state index is 2.59. The Morgan fingerprint density at radius 2 is 0.839 bits per heavy atom. The van der Waals surface area contributed by atoms with Crippen molar-refractivity contribution in [2.45, 2.75) is 155 Å². The van der Waals surface area contributed by atoms with Gasteiger partial charge in [-0.1, -0.05) is 0 Å². The Morgan fingerprint density at radius 3 is 1.13 bits per heavy atom. The summed E-state index contributed by atoms with van der Waals surface area (Å²) in [6.45, 7) is 14.5. The van der Waals surface area contributed by atoms with E-state index in [9.17, 15) is 0 Å². The molecular formula is C30H57P. The van der Waals surface area contributed by atoms with E-state index in [-0.39, 0.29) is 0 Å². The number of hydrogen-bond acceptors (Lipinski definition) is 0.